The fourth-order valence-electron chi connectivity index (χ4n) is 2.66. The molecule has 1 aromatic heterocycles. The summed E-state index contributed by atoms with van der Waals surface area (Å²) < 4.78 is 43.0. The number of hydrogen-bond acceptors (Lipinski definition) is 4. The van der Waals surface area contributed by atoms with Crippen molar-refractivity contribution in [2.75, 3.05) is 13.1 Å². The van der Waals surface area contributed by atoms with Gasteiger partial charge in [0.1, 0.15) is 6.10 Å². The number of hydrogen-bond donors (Lipinski definition) is 0. The molecule has 28 heavy (non-hydrogen) atoms. The Hall–Kier alpha value is -2.61. The van der Waals surface area contributed by atoms with E-state index >= 15 is 0 Å². The van der Waals surface area contributed by atoms with Crippen LogP contribution in [-0.4, -0.2) is 40.8 Å². The largest absolute Gasteiger partial charge is 0.471 e. The SMILES string of the molecule is O=C(CCC(=O)N1CC(Oc2ccc(C(F)(F)F)cn2)C1)c1ccc(Cl)cc1. The first-order chi connectivity index (χ1) is 13.2. The number of ether oxygens (including phenoxy) is 1. The van der Waals surface area contributed by atoms with Crippen LogP contribution >= 0.6 is 11.6 Å². The maximum absolute atomic E-state index is 12.5. The average Bonchev–Trinajstić information content (AvgIpc) is 2.62. The first-order valence-corrected chi connectivity index (χ1v) is 8.86. The van der Waals surface area contributed by atoms with Gasteiger partial charge in [-0.15, -0.1) is 0 Å². The van der Waals surface area contributed by atoms with Gasteiger partial charge in [-0.3, -0.25) is 9.59 Å². The Kier molecular flexibility index (Phi) is 5.88. The first kappa shape index (κ1) is 20.1. The Morgan fingerprint density at radius 3 is 2.36 bits per heavy atom. The number of aromatic nitrogens is 1. The second-order valence-corrected chi connectivity index (χ2v) is 6.79. The monoisotopic (exact) mass is 412 g/mol. The van der Waals surface area contributed by atoms with Crippen LogP contribution in [0.2, 0.25) is 5.02 Å². The number of benzene rings is 1. The molecule has 0 spiro atoms. The van der Waals surface area contributed by atoms with Gasteiger partial charge >= 0.3 is 6.18 Å². The van der Waals surface area contributed by atoms with Gasteiger partial charge in [0.25, 0.3) is 0 Å². The average molecular weight is 413 g/mol. The lowest BCUT2D eigenvalue weighted by molar-refractivity contribution is -0.140. The second-order valence-electron chi connectivity index (χ2n) is 6.35. The van der Waals surface area contributed by atoms with E-state index < -0.39 is 11.7 Å². The minimum atomic E-state index is -4.45. The molecule has 0 aliphatic carbocycles. The number of ketones is 1. The molecule has 0 unspecified atom stereocenters. The number of nitrogens with zero attached hydrogens (tertiary/aromatic N) is 2. The third-order valence-electron chi connectivity index (χ3n) is 4.28. The van der Waals surface area contributed by atoms with Crippen LogP contribution < -0.4 is 4.74 Å². The van der Waals surface area contributed by atoms with Crippen LogP contribution in [-0.2, 0) is 11.0 Å². The number of carbonyl (C=O) groups is 2. The summed E-state index contributed by atoms with van der Waals surface area (Å²) in [5.41, 5.74) is -0.356. The molecule has 2 aromatic rings. The summed E-state index contributed by atoms with van der Waals surface area (Å²) in [5.74, 6) is -0.252. The van der Waals surface area contributed by atoms with Gasteiger partial charge in [0, 0.05) is 35.7 Å². The fraction of sp³-hybridized carbons (Fsp3) is 0.316. The number of carbonyl (C=O) groups excluding carboxylic acids is 2. The number of halogens is 4. The molecule has 1 aromatic carbocycles. The smallest absolute Gasteiger partial charge is 0.417 e. The summed E-state index contributed by atoms with van der Waals surface area (Å²) >= 11 is 5.77. The normalized spacial score (nSPS) is 14.5. The molecule has 0 N–H and O–H groups in total. The minimum Gasteiger partial charge on any atom is -0.471 e. The molecular weight excluding hydrogens is 397 g/mol. The van der Waals surface area contributed by atoms with Crippen molar-refractivity contribution in [3.8, 4) is 5.88 Å². The number of likely N-dealkylation sites (tertiary alicyclic amines) is 1. The van der Waals surface area contributed by atoms with E-state index in [0.717, 1.165) is 12.1 Å². The summed E-state index contributed by atoms with van der Waals surface area (Å²) in [6, 6.07) is 8.50. The molecule has 0 saturated carbocycles. The van der Waals surface area contributed by atoms with Crippen LogP contribution in [0.1, 0.15) is 28.8 Å². The molecule has 3 rings (SSSR count). The molecule has 9 heteroatoms. The second kappa shape index (κ2) is 8.18. The highest BCUT2D eigenvalue weighted by Gasteiger charge is 2.33. The predicted octanol–water partition coefficient (Wildman–Crippen LogP) is 4.01. The van der Waals surface area contributed by atoms with Crippen molar-refractivity contribution >= 4 is 23.3 Å². The van der Waals surface area contributed by atoms with E-state index in [4.69, 9.17) is 16.3 Å². The van der Waals surface area contributed by atoms with Gasteiger partial charge in [-0.25, -0.2) is 4.98 Å². The topological polar surface area (TPSA) is 59.5 Å². The van der Waals surface area contributed by atoms with Crippen molar-refractivity contribution in [3.05, 3.63) is 58.7 Å². The van der Waals surface area contributed by atoms with Gasteiger partial charge in [0.2, 0.25) is 11.8 Å². The van der Waals surface area contributed by atoms with Crippen LogP contribution in [0.3, 0.4) is 0 Å². The lowest BCUT2D eigenvalue weighted by atomic mass is 10.0. The Balaban J connectivity index is 1.41. The maximum Gasteiger partial charge on any atom is 0.417 e. The number of amides is 1. The maximum atomic E-state index is 12.5. The molecule has 1 fully saturated rings. The van der Waals surface area contributed by atoms with E-state index in [1.165, 1.54) is 4.90 Å². The molecule has 1 saturated heterocycles. The van der Waals surface area contributed by atoms with Crippen LogP contribution in [0, 0.1) is 0 Å². The summed E-state index contributed by atoms with van der Waals surface area (Å²) in [5, 5.41) is 0.529. The zero-order valence-electron chi connectivity index (χ0n) is 14.6. The van der Waals surface area contributed by atoms with E-state index in [1.54, 1.807) is 24.3 Å². The van der Waals surface area contributed by atoms with E-state index in [9.17, 15) is 22.8 Å². The molecule has 0 radical (unpaired) electrons. The molecule has 1 aliphatic heterocycles. The molecule has 1 amide bonds. The van der Waals surface area contributed by atoms with Crippen LogP contribution in [0.25, 0.3) is 0 Å². The molecule has 0 atom stereocenters. The molecular formula is C19H16ClF3N2O3. The minimum absolute atomic E-state index is 0.0722. The molecule has 1 aliphatic rings. The molecule has 148 valence electrons. The number of alkyl halides is 3. The highest BCUT2D eigenvalue weighted by atomic mass is 35.5. The highest BCUT2D eigenvalue weighted by molar-refractivity contribution is 6.30. The first-order valence-electron chi connectivity index (χ1n) is 8.49. The van der Waals surface area contributed by atoms with Crippen LogP contribution in [0.15, 0.2) is 42.6 Å². The van der Waals surface area contributed by atoms with Gasteiger partial charge in [-0.1, -0.05) is 11.6 Å². The zero-order chi connectivity index (χ0) is 20.3. The zero-order valence-corrected chi connectivity index (χ0v) is 15.3. The summed E-state index contributed by atoms with van der Waals surface area (Å²) in [6.45, 7) is 0.605. The van der Waals surface area contributed by atoms with Gasteiger partial charge in [0.05, 0.1) is 18.7 Å². The van der Waals surface area contributed by atoms with E-state index in [2.05, 4.69) is 4.98 Å². The quantitative estimate of drug-likeness (QED) is 0.673. The third-order valence-corrected chi connectivity index (χ3v) is 4.54. The van der Waals surface area contributed by atoms with E-state index in [-0.39, 0.29) is 36.5 Å². The Bertz CT molecular complexity index is 848. The summed E-state index contributed by atoms with van der Waals surface area (Å²) in [4.78, 5) is 29.4. The number of rotatable bonds is 6. The highest BCUT2D eigenvalue weighted by Crippen LogP contribution is 2.29. The molecule has 5 nitrogen and oxygen atoms in total. The number of pyridine rings is 1. The van der Waals surface area contributed by atoms with Crippen molar-refractivity contribution < 1.29 is 27.5 Å². The molecule has 0 bridgehead atoms. The Morgan fingerprint density at radius 2 is 1.79 bits per heavy atom. The molecule has 2 heterocycles. The van der Waals surface area contributed by atoms with Crippen LogP contribution in [0.4, 0.5) is 13.2 Å². The van der Waals surface area contributed by atoms with Crippen molar-refractivity contribution in [1.82, 2.24) is 9.88 Å². The van der Waals surface area contributed by atoms with Crippen molar-refractivity contribution in [2.24, 2.45) is 0 Å². The fourth-order valence-corrected chi connectivity index (χ4v) is 2.79. The van der Waals surface area contributed by atoms with Crippen molar-refractivity contribution in [1.29, 1.82) is 0 Å². The van der Waals surface area contributed by atoms with Gasteiger partial charge < -0.3 is 9.64 Å². The van der Waals surface area contributed by atoms with Crippen LogP contribution in [0.5, 0.6) is 5.88 Å². The van der Waals surface area contributed by atoms with Gasteiger partial charge in [-0.05, 0) is 30.3 Å². The van der Waals surface area contributed by atoms with Crippen molar-refractivity contribution in [3.63, 3.8) is 0 Å². The summed E-state index contributed by atoms with van der Waals surface area (Å²) in [7, 11) is 0. The standard InChI is InChI=1S/C19H16ClF3N2O3/c20-14-4-1-12(2-5-14)16(26)6-8-18(27)25-10-15(11-25)28-17-7-3-13(9-24-17)19(21,22)23/h1-5,7,9,15H,6,8,10-11H2. The van der Waals surface area contributed by atoms with Gasteiger partial charge in [0.15, 0.2) is 5.78 Å². The number of Topliss-reactive ketones (excluding diaryl/α,β-unsaturated/α-hetero) is 1. The Morgan fingerprint density at radius 1 is 1.11 bits per heavy atom. The third kappa shape index (κ3) is 5.01. The van der Waals surface area contributed by atoms with E-state index in [1.807, 2.05) is 0 Å². The van der Waals surface area contributed by atoms with Crippen molar-refractivity contribution in [2.45, 2.75) is 25.1 Å². The lowest BCUT2D eigenvalue weighted by Crippen LogP contribution is -2.56. The van der Waals surface area contributed by atoms with E-state index in [0.29, 0.717) is 29.9 Å². The van der Waals surface area contributed by atoms with Gasteiger partial charge in [-0.2, -0.15) is 13.2 Å². The Labute approximate surface area is 164 Å². The lowest BCUT2D eigenvalue weighted by Gasteiger charge is -2.38. The predicted molar refractivity (Wildman–Crippen MR) is 95.3 cm³/mol. The summed E-state index contributed by atoms with van der Waals surface area (Å²) in [6.07, 6.45) is -3.91.